The Balaban J connectivity index is 2.68. The van der Waals surface area contributed by atoms with Crippen LogP contribution >= 0.6 is 0 Å². The Morgan fingerprint density at radius 2 is 2.11 bits per heavy atom. The zero-order valence-electron chi connectivity index (χ0n) is 12.1. The minimum Gasteiger partial charge on any atom is -0.496 e. The van der Waals surface area contributed by atoms with Crippen LogP contribution in [0, 0.1) is 12.8 Å². The highest BCUT2D eigenvalue weighted by molar-refractivity contribution is 5.36. The van der Waals surface area contributed by atoms with Gasteiger partial charge in [0.1, 0.15) is 5.75 Å². The Morgan fingerprint density at radius 1 is 1.39 bits per heavy atom. The summed E-state index contributed by atoms with van der Waals surface area (Å²) in [6.45, 7) is 6.99. The van der Waals surface area contributed by atoms with Gasteiger partial charge in [-0.1, -0.05) is 31.0 Å². The van der Waals surface area contributed by atoms with Crippen LogP contribution in [0.15, 0.2) is 18.2 Å². The van der Waals surface area contributed by atoms with Crippen molar-refractivity contribution in [1.82, 2.24) is 4.90 Å². The third kappa shape index (κ3) is 4.31. The van der Waals surface area contributed by atoms with Crippen LogP contribution in [0.4, 0.5) is 0 Å². The summed E-state index contributed by atoms with van der Waals surface area (Å²) in [7, 11) is 3.86. The zero-order chi connectivity index (χ0) is 13.5. The summed E-state index contributed by atoms with van der Waals surface area (Å²) < 4.78 is 5.41. The summed E-state index contributed by atoms with van der Waals surface area (Å²) in [5.41, 5.74) is 8.26. The molecule has 0 aromatic heterocycles. The van der Waals surface area contributed by atoms with Crippen molar-refractivity contribution in [3.05, 3.63) is 29.3 Å². The molecule has 3 nitrogen and oxygen atoms in total. The van der Waals surface area contributed by atoms with E-state index in [1.807, 2.05) is 6.07 Å². The molecule has 1 unspecified atom stereocenters. The van der Waals surface area contributed by atoms with Crippen molar-refractivity contribution in [1.29, 1.82) is 0 Å². The van der Waals surface area contributed by atoms with Crippen molar-refractivity contribution in [2.24, 2.45) is 11.7 Å². The fourth-order valence-corrected chi connectivity index (χ4v) is 2.20. The Hall–Kier alpha value is -1.06. The molecule has 0 heterocycles. The van der Waals surface area contributed by atoms with E-state index >= 15 is 0 Å². The van der Waals surface area contributed by atoms with Crippen LogP contribution < -0.4 is 10.5 Å². The molecule has 0 bridgehead atoms. The molecule has 3 heteroatoms. The second-order valence-corrected chi connectivity index (χ2v) is 5.02. The topological polar surface area (TPSA) is 38.5 Å². The number of benzene rings is 1. The second kappa shape index (κ2) is 7.39. The van der Waals surface area contributed by atoms with Crippen molar-refractivity contribution in [3.8, 4) is 5.75 Å². The smallest absolute Gasteiger partial charge is 0.123 e. The molecule has 18 heavy (non-hydrogen) atoms. The lowest BCUT2D eigenvalue weighted by molar-refractivity contribution is 0.264. The fourth-order valence-electron chi connectivity index (χ4n) is 2.20. The zero-order valence-corrected chi connectivity index (χ0v) is 12.1. The van der Waals surface area contributed by atoms with Gasteiger partial charge in [0.25, 0.3) is 0 Å². The number of hydrogen-bond acceptors (Lipinski definition) is 3. The predicted octanol–water partition coefficient (Wildman–Crippen LogP) is 2.42. The normalized spacial score (nSPS) is 12.8. The minimum atomic E-state index is 0.575. The van der Waals surface area contributed by atoms with Gasteiger partial charge < -0.3 is 15.4 Å². The molecule has 0 saturated carbocycles. The Kier molecular flexibility index (Phi) is 6.16. The number of ether oxygens (including phenoxy) is 1. The van der Waals surface area contributed by atoms with Gasteiger partial charge in [-0.15, -0.1) is 0 Å². The molecule has 0 fully saturated rings. The fraction of sp³-hybridized carbons (Fsp3) is 0.600. The van der Waals surface area contributed by atoms with E-state index in [2.05, 4.69) is 37.9 Å². The standard InChI is InChI=1S/C15H26N2O/c1-5-13(9-16)10-17(3)11-14-8-12(2)6-7-15(14)18-4/h6-8,13H,5,9-11,16H2,1-4H3. The summed E-state index contributed by atoms with van der Waals surface area (Å²) >= 11 is 0. The lowest BCUT2D eigenvalue weighted by atomic mass is 10.1. The van der Waals surface area contributed by atoms with Crippen molar-refractivity contribution < 1.29 is 4.74 Å². The van der Waals surface area contributed by atoms with E-state index in [0.29, 0.717) is 5.92 Å². The predicted molar refractivity (Wildman–Crippen MR) is 76.9 cm³/mol. The van der Waals surface area contributed by atoms with E-state index in [0.717, 1.165) is 31.8 Å². The number of rotatable bonds is 7. The average molecular weight is 250 g/mol. The SMILES string of the molecule is CCC(CN)CN(C)Cc1cc(C)ccc1OC. The van der Waals surface area contributed by atoms with Crippen LogP contribution in [0.1, 0.15) is 24.5 Å². The van der Waals surface area contributed by atoms with E-state index < -0.39 is 0 Å². The molecule has 0 aliphatic heterocycles. The van der Waals surface area contributed by atoms with Gasteiger partial charge in [0.15, 0.2) is 0 Å². The molecule has 2 N–H and O–H groups in total. The molecule has 0 spiro atoms. The van der Waals surface area contributed by atoms with Crippen LogP contribution in [0.25, 0.3) is 0 Å². The molecule has 0 aliphatic rings. The van der Waals surface area contributed by atoms with E-state index in [1.165, 1.54) is 11.1 Å². The van der Waals surface area contributed by atoms with Gasteiger partial charge in [-0.05, 0) is 32.5 Å². The Morgan fingerprint density at radius 3 is 2.67 bits per heavy atom. The van der Waals surface area contributed by atoms with Gasteiger partial charge >= 0.3 is 0 Å². The first kappa shape index (κ1) is 15.0. The van der Waals surface area contributed by atoms with Crippen molar-refractivity contribution in [2.45, 2.75) is 26.8 Å². The summed E-state index contributed by atoms with van der Waals surface area (Å²) in [6.07, 6.45) is 1.13. The van der Waals surface area contributed by atoms with E-state index in [4.69, 9.17) is 10.5 Å². The third-order valence-corrected chi connectivity index (χ3v) is 3.36. The van der Waals surface area contributed by atoms with Crippen molar-refractivity contribution >= 4 is 0 Å². The van der Waals surface area contributed by atoms with Crippen LogP contribution in [-0.2, 0) is 6.54 Å². The maximum absolute atomic E-state index is 5.75. The van der Waals surface area contributed by atoms with Gasteiger partial charge in [-0.25, -0.2) is 0 Å². The first-order valence-electron chi connectivity index (χ1n) is 6.62. The number of nitrogens with zero attached hydrogens (tertiary/aromatic N) is 1. The Bertz CT molecular complexity index is 362. The molecule has 102 valence electrons. The molecule has 1 rings (SSSR count). The molecule has 0 amide bonds. The maximum Gasteiger partial charge on any atom is 0.123 e. The monoisotopic (exact) mass is 250 g/mol. The van der Waals surface area contributed by atoms with Gasteiger partial charge in [0.2, 0.25) is 0 Å². The highest BCUT2D eigenvalue weighted by atomic mass is 16.5. The van der Waals surface area contributed by atoms with E-state index in [9.17, 15) is 0 Å². The lowest BCUT2D eigenvalue weighted by Crippen LogP contribution is -2.29. The molecule has 1 atom stereocenters. The quantitative estimate of drug-likeness (QED) is 0.807. The van der Waals surface area contributed by atoms with Crippen molar-refractivity contribution in [3.63, 3.8) is 0 Å². The first-order chi connectivity index (χ1) is 8.60. The van der Waals surface area contributed by atoms with Gasteiger partial charge in [-0.3, -0.25) is 0 Å². The van der Waals surface area contributed by atoms with E-state index in [1.54, 1.807) is 7.11 Å². The minimum absolute atomic E-state index is 0.575. The van der Waals surface area contributed by atoms with Gasteiger partial charge in [0, 0.05) is 18.7 Å². The molecular formula is C15H26N2O. The molecule has 0 radical (unpaired) electrons. The van der Waals surface area contributed by atoms with Gasteiger partial charge in [-0.2, -0.15) is 0 Å². The molecular weight excluding hydrogens is 224 g/mol. The molecule has 0 aliphatic carbocycles. The largest absolute Gasteiger partial charge is 0.496 e. The summed E-state index contributed by atoms with van der Waals surface area (Å²) in [5.74, 6) is 1.54. The van der Waals surface area contributed by atoms with Crippen LogP contribution in [0.3, 0.4) is 0 Å². The summed E-state index contributed by atoms with van der Waals surface area (Å²) in [6, 6.07) is 6.31. The highest BCUT2D eigenvalue weighted by Gasteiger charge is 2.11. The number of hydrogen-bond donors (Lipinski definition) is 1. The number of aryl methyl sites for hydroxylation is 1. The van der Waals surface area contributed by atoms with Crippen LogP contribution in [0.2, 0.25) is 0 Å². The van der Waals surface area contributed by atoms with Crippen LogP contribution in [-0.4, -0.2) is 32.1 Å². The Labute approximate surface area is 111 Å². The highest BCUT2D eigenvalue weighted by Crippen LogP contribution is 2.21. The molecule has 1 aromatic carbocycles. The molecule has 1 aromatic rings. The lowest BCUT2D eigenvalue weighted by Gasteiger charge is -2.23. The average Bonchev–Trinajstić information content (AvgIpc) is 2.36. The maximum atomic E-state index is 5.75. The van der Waals surface area contributed by atoms with Gasteiger partial charge in [0.05, 0.1) is 7.11 Å². The van der Waals surface area contributed by atoms with Crippen molar-refractivity contribution in [2.75, 3.05) is 27.2 Å². The van der Waals surface area contributed by atoms with Crippen LogP contribution in [0.5, 0.6) is 5.75 Å². The molecule has 0 saturated heterocycles. The number of nitrogens with two attached hydrogens (primary N) is 1. The first-order valence-corrected chi connectivity index (χ1v) is 6.62. The number of methoxy groups -OCH3 is 1. The summed E-state index contributed by atoms with van der Waals surface area (Å²) in [5, 5.41) is 0. The second-order valence-electron chi connectivity index (χ2n) is 5.02. The summed E-state index contributed by atoms with van der Waals surface area (Å²) in [4.78, 5) is 2.32. The van der Waals surface area contributed by atoms with E-state index in [-0.39, 0.29) is 0 Å². The third-order valence-electron chi connectivity index (χ3n) is 3.36.